The zero-order valence-corrected chi connectivity index (χ0v) is 14.1. The lowest BCUT2D eigenvalue weighted by Crippen LogP contribution is -2.14. The number of rotatable bonds is 5. The van der Waals surface area contributed by atoms with Crippen LogP contribution in [0.3, 0.4) is 0 Å². The van der Waals surface area contributed by atoms with E-state index in [9.17, 15) is 14.9 Å². The van der Waals surface area contributed by atoms with Crippen molar-refractivity contribution in [1.29, 1.82) is 0 Å². The van der Waals surface area contributed by atoms with E-state index in [0.29, 0.717) is 4.34 Å². The molecule has 0 aliphatic heterocycles. The monoisotopic (exact) mass is 378 g/mol. The molecule has 1 N–H and O–H groups in total. The van der Waals surface area contributed by atoms with Crippen molar-refractivity contribution in [2.45, 2.75) is 11.3 Å². The van der Waals surface area contributed by atoms with Crippen LogP contribution in [0.25, 0.3) is 0 Å². The first kappa shape index (κ1) is 16.9. The second-order valence-corrected chi connectivity index (χ2v) is 7.18. The van der Waals surface area contributed by atoms with E-state index in [1.54, 1.807) is 0 Å². The Morgan fingerprint density at radius 3 is 2.55 bits per heavy atom. The predicted molar refractivity (Wildman–Crippen MR) is 87.1 cm³/mol. The Bertz CT molecular complexity index is 715. The number of carbonyl (C=O) groups excluding carboxylic acids is 1. The van der Waals surface area contributed by atoms with E-state index < -0.39 is 4.92 Å². The summed E-state index contributed by atoms with van der Waals surface area (Å²) in [5.41, 5.74) is -0.0975. The molecule has 0 spiro atoms. The molecule has 116 valence electrons. The van der Waals surface area contributed by atoms with Gasteiger partial charge in [-0.3, -0.25) is 14.9 Å². The topological polar surface area (TPSA) is 98.0 Å². The molecule has 1 heterocycles. The maximum absolute atomic E-state index is 11.9. The van der Waals surface area contributed by atoms with Gasteiger partial charge in [-0.05, 0) is 6.92 Å². The molecule has 2 rings (SSSR count). The summed E-state index contributed by atoms with van der Waals surface area (Å²) in [7, 11) is 0. The van der Waals surface area contributed by atoms with E-state index >= 15 is 0 Å². The molecule has 0 saturated carbocycles. The fraction of sp³-hybridized carbons (Fsp3) is 0.182. The van der Waals surface area contributed by atoms with Crippen molar-refractivity contribution in [3.8, 4) is 0 Å². The molecular weight excluding hydrogens is 371 g/mol. The van der Waals surface area contributed by atoms with Crippen LogP contribution in [0.5, 0.6) is 0 Å². The fourth-order valence-corrected chi connectivity index (χ4v) is 3.61. The highest BCUT2D eigenvalue weighted by Crippen LogP contribution is 2.34. The molecule has 0 bridgehead atoms. The summed E-state index contributed by atoms with van der Waals surface area (Å²) in [5.74, 6) is -0.256. The quantitative estimate of drug-likeness (QED) is 0.482. The summed E-state index contributed by atoms with van der Waals surface area (Å²) < 4.78 is 0.675. The number of carbonyl (C=O) groups is 1. The molecule has 0 atom stereocenters. The van der Waals surface area contributed by atoms with Crippen LogP contribution < -0.4 is 5.32 Å². The number of thioether (sulfide) groups is 1. The van der Waals surface area contributed by atoms with Gasteiger partial charge in [-0.2, -0.15) is 0 Å². The van der Waals surface area contributed by atoms with Crippen LogP contribution in [0.15, 0.2) is 16.5 Å². The number of aryl methyl sites for hydroxylation is 1. The third-order valence-electron chi connectivity index (χ3n) is 2.34. The smallest absolute Gasteiger partial charge is 0.272 e. The van der Waals surface area contributed by atoms with E-state index in [4.69, 9.17) is 23.2 Å². The molecule has 1 aromatic heterocycles. The van der Waals surface area contributed by atoms with E-state index in [1.807, 2.05) is 6.92 Å². The SMILES string of the molecule is Cc1nnc(SCC(=O)Nc2c(Cl)cc([N+](=O)[O-])cc2Cl)s1. The van der Waals surface area contributed by atoms with Crippen molar-refractivity contribution in [2.24, 2.45) is 0 Å². The van der Waals surface area contributed by atoms with Crippen LogP contribution in [0.2, 0.25) is 10.0 Å². The number of amides is 1. The second kappa shape index (κ2) is 7.23. The molecule has 2 aromatic rings. The summed E-state index contributed by atoms with van der Waals surface area (Å²) >= 11 is 14.4. The molecular formula is C11H8Cl2N4O3S2. The standard InChI is InChI=1S/C11H8Cl2N4O3S2/c1-5-15-16-11(22-5)21-4-9(18)14-10-7(12)2-6(17(19)20)3-8(10)13/h2-3H,4H2,1H3,(H,14,18). The minimum absolute atomic E-state index is 0.00399. The molecule has 0 aliphatic carbocycles. The van der Waals surface area contributed by atoms with Gasteiger partial charge < -0.3 is 5.32 Å². The van der Waals surface area contributed by atoms with Gasteiger partial charge in [0.15, 0.2) is 4.34 Å². The number of halogens is 2. The number of nitro benzene ring substituents is 1. The van der Waals surface area contributed by atoms with Gasteiger partial charge in [0.1, 0.15) is 5.01 Å². The van der Waals surface area contributed by atoms with Gasteiger partial charge in [0.05, 0.1) is 26.4 Å². The second-order valence-electron chi connectivity index (χ2n) is 3.97. The molecule has 1 aromatic carbocycles. The number of aromatic nitrogens is 2. The first-order valence-corrected chi connectivity index (χ1v) is 8.29. The van der Waals surface area contributed by atoms with Crippen LogP contribution in [0.4, 0.5) is 11.4 Å². The lowest BCUT2D eigenvalue weighted by molar-refractivity contribution is -0.384. The number of benzene rings is 1. The summed E-state index contributed by atoms with van der Waals surface area (Å²) in [5, 5.41) is 21.8. The molecule has 11 heteroatoms. The van der Waals surface area contributed by atoms with Gasteiger partial charge >= 0.3 is 0 Å². The average Bonchev–Trinajstić information content (AvgIpc) is 2.86. The maximum Gasteiger partial charge on any atom is 0.272 e. The fourth-order valence-electron chi connectivity index (χ4n) is 1.42. The summed E-state index contributed by atoms with van der Waals surface area (Å²) in [6, 6.07) is 2.26. The van der Waals surface area contributed by atoms with Gasteiger partial charge in [0, 0.05) is 12.1 Å². The average molecular weight is 379 g/mol. The molecule has 0 fully saturated rings. The van der Waals surface area contributed by atoms with Gasteiger partial charge in [0.25, 0.3) is 5.69 Å². The summed E-state index contributed by atoms with van der Waals surface area (Å²) in [6.07, 6.45) is 0. The third-order valence-corrected chi connectivity index (χ3v) is 4.90. The Hall–Kier alpha value is -1.42. The minimum atomic E-state index is -0.614. The van der Waals surface area contributed by atoms with Crippen molar-refractivity contribution < 1.29 is 9.72 Å². The predicted octanol–water partition coefficient (Wildman–Crippen LogP) is 3.79. The van der Waals surface area contributed by atoms with E-state index in [0.717, 1.165) is 17.1 Å². The van der Waals surface area contributed by atoms with E-state index in [-0.39, 0.29) is 33.1 Å². The zero-order valence-electron chi connectivity index (χ0n) is 11.0. The van der Waals surface area contributed by atoms with Crippen molar-refractivity contribution in [1.82, 2.24) is 10.2 Å². The molecule has 0 saturated heterocycles. The molecule has 7 nitrogen and oxygen atoms in total. The molecule has 1 amide bonds. The van der Waals surface area contributed by atoms with Crippen molar-refractivity contribution in [3.63, 3.8) is 0 Å². The number of non-ortho nitro benzene ring substituents is 1. The largest absolute Gasteiger partial charge is 0.323 e. The van der Waals surface area contributed by atoms with Crippen molar-refractivity contribution in [3.05, 3.63) is 37.3 Å². The third kappa shape index (κ3) is 4.29. The normalized spacial score (nSPS) is 10.5. The van der Waals surface area contributed by atoms with Gasteiger partial charge in [-0.1, -0.05) is 46.3 Å². The van der Waals surface area contributed by atoms with E-state index in [1.165, 1.54) is 23.1 Å². The van der Waals surface area contributed by atoms with Crippen LogP contribution in [-0.4, -0.2) is 26.8 Å². The van der Waals surface area contributed by atoms with Gasteiger partial charge in [0.2, 0.25) is 5.91 Å². The van der Waals surface area contributed by atoms with Crippen LogP contribution in [-0.2, 0) is 4.79 Å². The number of anilines is 1. The number of nitrogens with zero attached hydrogens (tertiary/aromatic N) is 3. The van der Waals surface area contributed by atoms with Crippen molar-refractivity contribution in [2.75, 3.05) is 11.1 Å². The molecule has 0 unspecified atom stereocenters. The Morgan fingerprint density at radius 1 is 1.41 bits per heavy atom. The lowest BCUT2D eigenvalue weighted by atomic mass is 10.3. The first-order valence-electron chi connectivity index (χ1n) is 5.73. The van der Waals surface area contributed by atoms with Gasteiger partial charge in [-0.15, -0.1) is 10.2 Å². The molecule has 22 heavy (non-hydrogen) atoms. The maximum atomic E-state index is 11.9. The zero-order chi connectivity index (χ0) is 16.3. The number of hydrogen-bond donors (Lipinski definition) is 1. The lowest BCUT2D eigenvalue weighted by Gasteiger charge is -2.08. The Morgan fingerprint density at radius 2 is 2.05 bits per heavy atom. The van der Waals surface area contributed by atoms with Crippen molar-refractivity contribution >= 4 is 63.6 Å². The highest BCUT2D eigenvalue weighted by Gasteiger charge is 2.16. The Balaban J connectivity index is 2.03. The molecule has 0 aliphatic rings. The Labute approximate surface area is 143 Å². The highest BCUT2D eigenvalue weighted by molar-refractivity contribution is 8.01. The first-order chi connectivity index (χ1) is 10.4. The van der Waals surface area contributed by atoms with Crippen LogP contribution >= 0.6 is 46.3 Å². The van der Waals surface area contributed by atoms with E-state index in [2.05, 4.69) is 15.5 Å². The number of nitro groups is 1. The number of hydrogen-bond acceptors (Lipinski definition) is 7. The highest BCUT2D eigenvalue weighted by atomic mass is 35.5. The summed E-state index contributed by atoms with van der Waals surface area (Å²) in [4.78, 5) is 22.0. The summed E-state index contributed by atoms with van der Waals surface area (Å²) in [6.45, 7) is 1.82. The van der Waals surface area contributed by atoms with Crippen LogP contribution in [0, 0.1) is 17.0 Å². The molecule has 0 radical (unpaired) electrons. The Kier molecular flexibility index (Phi) is 5.57. The van der Waals surface area contributed by atoms with Gasteiger partial charge in [-0.25, -0.2) is 0 Å². The minimum Gasteiger partial charge on any atom is -0.323 e. The number of nitrogens with one attached hydrogen (secondary N) is 1. The van der Waals surface area contributed by atoms with Crippen LogP contribution in [0.1, 0.15) is 5.01 Å².